The van der Waals surface area contributed by atoms with Crippen LogP contribution in [0.15, 0.2) is 18.2 Å². The molecule has 5 heteroatoms. The van der Waals surface area contributed by atoms with Crippen LogP contribution >= 0.6 is 0 Å². The van der Waals surface area contributed by atoms with E-state index in [4.69, 9.17) is 10.00 Å². The normalized spacial score (nSPS) is 16.8. The van der Waals surface area contributed by atoms with Crippen molar-refractivity contribution in [2.45, 2.75) is 19.4 Å². The monoisotopic (exact) mass is 242 g/mol. The number of benzene rings is 1. The van der Waals surface area contributed by atoms with E-state index in [-0.39, 0.29) is 0 Å². The number of nitrogens with zero attached hydrogens (tertiary/aromatic N) is 4. The summed E-state index contributed by atoms with van der Waals surface area (Å²) in [5.41, 5.74) is 2.44. The van der Waals surface area contributed by atoms with Gasteiger partial charge in [-0.3, -0.25) is 0 Å². The van der Waals surface area contributed by atoms with E-state index in [1.165, 1.54) is 0 Å². The van der Waals surface area contributed by atoms with Crippen molar-refractivity contribution in [3.05, 3.63) is 23.8 Å². The van der Waals surface area contributed by atoms with Crippen LogP contribution in [0, 0.1) is 17.2 Å². The first-order chi connectivity index (χ1) is 8.86. The third-order valence-corrected chi connectivity index (χ3v) is 3.42. The number of nitriles is 1. The number of hydrogen-bond donors (Lipinski definition) is 0. The largest absolute Gasteiger partial charge is 0.381 e. The molecule has 3 rings (SSSR count). The fourth-order valence-electron chi connectivity index (χ4n) is 2.34. The van der Waals surface area contributed by atoms with Crippen LogP contribution in [0.4, 0.5) is 0 Å². The SMILES string of the molecule is N#Cc1ccc2nnn(CC3CCOCC3)c2c1. The van der Waals surface area contributed by atoms with Gasteiger partial charge in [-0.05, 0) is 37.0 Å². The van der Waals surface area contributed by atoms with Gasteiger partial charge in [-0.2, -0.15) is 5.26 Å². The van der Waals surface area contributed by atoms with Crippen LogP contribution in [0.2, 0.25) is 0 Å². The maximum atomic E-state index is 8.93. The molecule has 0 aliphatic carbocycles. The fraction of sp³-hybridized carbons (Fsp3) is 0.462. The molecule has 0 amide bonds. The second-order valence-electron chi connectivity index (χ2n) is 4.64. The summed E-state index contributed by atoms with van der Waals surface area (Å²) in [5.74, 6) is 0.592. The molecule has 1 aromatic heterocycles. The highest BCUT2D eigenvalue weighted by Crippen LogP contribution is 2.19. The van der Waals surface area contributed by atoms with Gasteiger partial charge >= 0.3 is 0 Å². The van der Waals surface area contributed by atoms with E-state index in [2.05, 4.69) is 16.4 Å². The van der Waals surface area contributed by atoms with E-state index in [9.17, 15) is 0 Å². The molecule has 1 saturated heterocycles. The molecule has 2 aromatic rings. The van der Waals surface area contributed by atoms with Crippen LogP contribution in [0.5, 0.6) is 0 Å². The van der Waals surface area contributed by atoms with Gasteiger partial charge in [0.2, 0.25) is 0 Å². The van der Waals surface area contributed by atoms with E-state index in [0.29, 0.717) is 11.5 Å². The molecular weight excluding hydrogens is 228 g/mol. The van der Waals surface area contributed by atoms with Gasteiger partial charge in [0.25, 0.3) is 0 Å². The van der Waals surface area contributed by atoms with Crippen LogP contribution in [-0.2, 0) is 11.3 Å². The predicted octanol–water partition coefficient (Wildman–Crippen LogP) is 1.73. The third kappa shape index (κ3) is 2.07. The summed E-state index contributed by atoms with van der Waals surface area (Å²) >= 11 is 0. The molecule has 18 heavy (non-hydrogen) atoms. The molecule has 0 N–H and O–H groups in total. The minimum absolute atomic E-state index is 0.592. The maximum absolute atomic E-state index is 8.93. The number of fused-ring (bicyclic) bond motifs is 1. The Kier molecular flexibility index (Phi) is 2.95. The minimum Gasteiger partial charge on any atom is -0.381 e. The minimum atomic E-state index is 0.592. The second-order valence-corrected chi connectivity index (χ2v) is 4.64. The Labute approximate surface area is 105 Å². The molecule has 1 aromatic carbocycles. The number of rotatable bonds is 2. The zero-order chi connectivity index (χ0) is 12.4. The lowest BCUT2D eigenvalue weighted by atomic mass is 10.0. The molecule has 0 bridgehead atoms. The lowest BCUT2D eigenvalue weighted by Crippen LogP contribution is -2.20. The molecule has 1 fully saturated rings. The van der Waals surface area contributed by atoms with E-state index in [1.807, 2.05) is 16.8 Å². The first-order valence-electron chi connectivity index (χ1n) is 6.18. The van der Waals surface area contributed by atoms with Gasteiger partial charge in [-0.25, -0.2) is 4.68 Å². The summed E-state index contributed by atoms with van der Waals surface area (Å²) in [6, 6.07) is 7.63. The van der Waals surface area contributed by atoms with E-state index < -0.39 is 0 Å². The van der Waals surface area contributed by atoms with Crippen molar-refractivity contribution in [2.24, 2.45) is 5.92 Å². The van der Waals surface area contributed by atoms with Gasteiger partial charge in [0.1, 0.15) is 5.52 Å². The average Bonchev–Trinajstić information content (AvgIpc) is 2.82. The molecule has 0 saturated carbocycles. The molecule has 1 aliphatic heterocycles. The molecule has 92 valence electrons. The molecule has 0 atom stereocenters. The van der Waals surface area contributed by atoms with E-state index in [0.717, 1.165) is 43.6 Å². The summed E-state index contributed by atoms with van der Waals surface area (Å²) in [5, 5.41) is 17.2. The average molecular weight is 242 g/mol. The molecular formula is C13H14N4O. The van der Waals surface area contributed by atoms with Crippen molar-refractivity contribution < 1.29 is 4.74 Å². The highest BCUT2D eigenvalue weighted by atomic mass is 16.5. The standard InChI is InChI=1S/C13H14N4O/c14-8-11-1-2-12-13(7-11)17(16-15-12)9-10-3-5-18-6-4-10/h1-2,7,10H,3-6,9H2. The van der Waals surface area contributed by atoms with Gasteiger partial charge in [0, 0.05) is 19.8 Å². The van der Waals surface area contributed by atoms with Crippen molar-refractivity contribution in [2.75, 3.05) is 13.2 Å². The van der Waals surface area contributed by atoms with Crippen LogP contribution in [-0.4, -0.2) is 28.2 Å². The summed E-state index contributed by atoms with van der Waals surface area (Å²) in [6.07, 6.45) is 2.14. The second kappa shape index (κ2) is 4.75. The van der Waals surface area contributed by atoms with Crippen molar-refractivity contribution in [1.82, 2.24) is 15.0 Å². The lowest BCUT2D eigenvalue weighted by Gasteiger charge is -2.21. The summed E-state index contributed by atoms with van der Waals surface area (Å²) in [6.45, 7) is 2.52. The van der Waals surface area contributed by atoms with Gasteiger partial charge < -0.3 is 4.74 Å². The molecule has 2 heterocycles. The number of aromatic nitrogens is 3. The first kappa shape index (κ1) is 11.2. The lowest BCUT2D eigenvalue weighted by molar-refractivity contribution is 0.0604. The Hall–Kier alpha value is -1.93. The highest BCUT2D eigenvalue weighted by Gasteiger charge is 2.16. The molecule has 0 spiro atoms. The van der Waals surface area contributed by atoms with Crippen molar-refractivity contribution in [3.8, 4) is 6.07 Å². The quantitative estimate of drug-likeness (QED) is 0.804. The first-order valence-corrected chi connectivity index (χ1v) is 6.18. The third-order valence-electron chi connectivity index (χ3n) is 3.42. The summed E-state index contributed by atoms with van der Waals surface area (Å²) < 4.78 is 7.26. The molecule has 0 radical (unpaired) electrons. The number of hydrogen-bond acceptors (Lipinski definition) is 4. The Bertz CT molecular complexity index is 593. The van der Waals surface area contributed by atoms with Crippen LogP contribution in [0.1, 0.15) is 18.4 Å². The predicted molar refractivity (Wildman–Crippen MR) is 65.8 cm³/mol. The van der Waals surface area contributed by atoms with E-state index in [1.54, 1.807) is 6.07 Å². The van der Waals surface area contributed by atoms with Gasteiger partial charge in [0.15, 0.2) is 0 Å². The zero-order valence-corrected chi connectivity index (χ0v) is 10.0. The Balaban J connectivity index is 1.89. The Morgan fingerprint density at radius 3 is 3.00 bits per heavy atom. The van der Waals surface area contributed by atoms with Crippen LogP contribution in [0.25, 0.3) is 11.0 Å². The van der Waals surface area contributed by atoms with Crippen molar-refractivity contribution >= 4 is 11.0 Å². The van der Waals surface area contributed by atoms with Crippen molar-refractivity contribution in [3.63, 3.8) is 0 Å². The summed E-state index contributed by atoms with van der Waals surface area (Å²) in [4.78, 5) is 0. The Morgan fingerprint density at radius 1 is 1.39 bits per heavy atom. The molecule has 1 aliphatic rings. The van der Waals surface area contributed by atoms with Crippen molar-refractivity contribution in [1.29, 1.82) is 5.26 Å². The van der Waals surface area contributed by atoms with Crippen LogP contribution in [0.3, 0.4) is 0 Å². The number of ether oxygens (including phenoxy) is 1. The van der Waals surface area contributed by atoms with E-state index >= 15 is 0 Å². The highest BCUT2D eigenvalue weighted by molar-refractivity contribution is 5.75. The fourth-order valence-corrected chi connectivity index (χ4v) is 2.34. The van der Waals surface area contributed by atoms with Gasteiger partial charge in [-0.1, -0.05) is 5.21 Å². The van der Waals surface area contributed by atoms with Gasteiger partial charge in [0.05, 0.1) is 17.1 Å². The zero-order valence-electron chi connectivity index (χ0n) is 10.0. The molecule has 5 nitrogen and oxygen atoms in total. The Morgan fingerprint density at radius 2 is 2.22 bits per heavy atom. The topological polar surface area (TPSA) is 63.7 Å². The smallest absolute Gasteiger partial charge is 0.113 e. The summed E-state index contributed by atoms with van der Waals surface area (Å²) in [7, 11) is 0. The molecule has 0 unspecified atom stereocenters. The maximum Gasteiger partial charge on any atom is 0.113 e. The van der Waals surface area contributed by atoms with Gasteiger partial charge in [-0.15, -0.1) is 5.10 Å². The van der Waals surface area contributed by atoms with Crippen LogP contribution < -0.4 is 0 Å².